The summed E-state index contributed by atoms with van der Waals surface area (Å²) in [6.07, 6.45) is -1.98. The molecule has 0 radical (unpaired) electrons. The minimum atomic E-state index is -1.66. The molecule has 1 saturated heterocycles. The zero-order valence-electron chi connectivity index (χ0n) is 29.5. The summed E-state index contributed by atoms with van der Waals surface area (Å²) in [4.78, 5) is 0. The van der Waals surface area contributed by atoms with Crippen LogP contribution in [0.3, 0.4) is 0 Å². The van der Waals surface area contributed by atoms with Gasteiger partial charge in [0.05, 0.1) is 0 Å². The maximum atomic E-state index is 13.7. The van der Waals surface area contributed by atoms with E-state index in [1.54, 1.807) is 0 Å². The van der Waals surface area contributed by atoms with E-state index in [0.717, 1.165) is 87.6 Å². The SMILES string of the molecule is CC1(C)O[C@@H](C2(O)c3ccc4ccccc4c3-c3c2ccc2ccccc32)[C@H](C2(O)c3ccc4ccccc4c3-c3c2ccc2ccccc32)O1.[Cl][Ti][Cl]. The minimum absolute atomic E-state index is 0.556. The summed E-state index contributed by atoms with van der Waals surface area (Å²) in [6, 6.07) is 49.9. The van der Waals surface area contributed by atoms with E-state index >= 15 is 0 Å². The van der Waals surface area contributed by atoms with Crippen molar-refractivity contribution < 1.29 is 36.7 Å². The molecule has 0 unspecified atom stereocenters. The molecule has 54 heavy (non-hydrogen) atoms. The Kier molecular flexibility index (Phi) is 7.95. The Hall–Kier alpha value is -4.07. The van der Waals surface area contributed by atoms with E-state index in [4.69, 9.17) is 28.1 Å². The molecule has 7 heteroatoms. The van der Waals surface area contributed by atoms with E-state index in [1.165, 1.54) is 0 Å². The quantitative estimate of drug-likeness (QED) is 0.172. The molecule has 1 heterocycles. The molecule has 2 aliphatic carbocycles. The Morgan fingerprint density at radius 3 is 0.926 bits per heavy atom. The normalized spacial score (nSPS) is 19.6. The number of aliphatic hydroxyl groups is 2. The van der Waals surface area contributed by atoms with Crippen LogP contribution in [0.25, 0.3) is 65.3 Å². The van der Waals surface area contributed by atoms with Crippen LogP contribution in [0.5, 0.6) is 0 Å². The topological polar surface area (TPSA) is 58.9 Å². The molecule has 4 nitrogen and oxygen atoms in total. The Labute approximate surface area is 329 Å². The van der Waals surface area contributed by atoms with Gasteiger partial charge in [0, 0.05) is 0 Å². The summed E-state index contributed by atoms with van der Waals surface area (Å²) >= 11 is -0.556. The third-order valence-corrected chi connectivity index (χ3v) is 11.8. The fourth-order valence-electron chi connectivity index (χ4n) is 9.71. The molecule has 0 spiro atoms. The summed E-state index contributed by atoms with van der Waals surface area (Å²) in [5.74, 6) is -1.12. The average Bonchev–Trinajstić information content (AvgIpc) is 3.79. The molecule has 3 aliphatic rings. The van der Waals surface area contributed by atoms with Crippen LogP contribution >= 0.6 is 18.6 Å². The Bertz CT molecular complexity index is 2470. The van der Waals surface area contributed by atoms with Gasteiger partial charge in [0.25, 0.3) is 0 Å². The Balaban J connectivity index is 0.00000117. The van der Waals surface area contributed by atoms with Crippen molar-refractivity contribution in [1.82, 2.24) is 0 Å². The van der Waals surface area contributed by atoms with Gasteiger partial charge in [-0.3, -0.25) is 0 Å². The van der Waals surface area contributed by atoms with Crippen LogP contribution in [0.4, 0.5) is 0 Å². The van der Waals surface area contributed by atoms with Crippen LogP contribution in [-0.2, 0) is 37.7 Å². The van der Waals surface area contributed by atoms with Gasteiger partial charge in [0.15, 0.2) is 5.79 Å². The first-order valence-corrected chi connectivity index (χ1v) is 22.4. The number of hydrogen-bond donors (Lipinski definition) is 2. The summed E-state index contributed by atoms with van der Waals surface area (Å²) in [5, 5.41) is 36.1. The van der Waals surface area contributed by atoms with Gasteiger partial charge in [-0.05, 0) is 101 Å². The predicted molar refractivity (Wildman–Crippen MR) is 215 cm³/mol. The number of fused-ring (bicyclic) bond motifs is 14. The fraction of sp³-hybridized carbons (Fsp3) is 0.149. The van der Waals surface area contributed by atoms with E-state index in [9.17, 15) is 10.2 Å². The first kappa shape index (κ1) is 34.4. The zero-order valence-corrected chi connectivity index (χ0v) is 32.6. The molecule has 8 aromatic carbocycles. The molecule has 0 bridgehead atoms. The number of halogens is 2. The number of rotatable bonds is 2. The van der Waals surface area contributed by atoms with Crippen LogP contribution in [0.1, 0.15) is 36.1 Å². The Morgan fingerprint density at radius 1 is 0.426 bits per heavy atom. The number of hydrogen-bond acceptors (Lipinski definition) is 4. The summed E-state index contributed by atoms with van der Waals surface area (Å²) in [7, 11) is 9.78. The van der Waals surface area contributed by atoms with Gasteiger partial charge in [-0.15, -0.1) is 0 Å². The number of ether oxygens (including phenoxy) is 2. The van der Waals surface area contributed by atoms with Crippen LogP contribution in [0.2, 0.25) is 0 Å². The van der Waals surface area contributed by atoms with Crippen molar-refractivity contribution in [3.8, 4) is 22.3 Å². The second-order valence-corrected chi connectivity index (χ2v) is 17.5. The third kappa shape index (κ3) is 4.70. The van der Waals surface area contributed by atoms with Gasteiger partial charge in [-0.25, -0.2) is 0 Å². The van der Waals surface area contributed by atoms with Crippen LogP contribution in [0.15, 0.2) is 146 Å². The van der Waals surface area contributed by atoms with E-state index in [0.29, 0.717) is 0 Å². The molecule has 264 valence electrons. The average molecular weight is 782 g/mol. The van der Waals surface area contributed by atoms with Gasteiger partial charge >= 0.3 is 35.6 Å². The first-order valence-electron chi connectivity index (χ1n) is 18.1. The van der Waals surface area contributed by atoms with Crippen LogP contribution in [0, 0.1) is 0 Å². The van der Waals surface area contributed by atoms with Crippen molar-refractivity contribution in [3.05, 3.63) is 168 Å². The predicted octanol–water partition coefficient (Wildman–Crippen LogP) is 11.3. The van der Waals surface area contributed by atoms with E-state index in [2.05, 4.69) is 97.1 Å². The molecule has 8 aromatic rings. The van der Waals surface area contributed by atoms with Crippen molar-refractivity contribution in [2.45, 2.75) is 43.0 Å². The van der Waals surface area contributed by atoms with Crippen molar-refractivity contribution in [3.63, 3.8) is 0 Å². The second-order valence-electron chi connectivity index (χ2n) is 14.9. The molecule has 11 rings (SSSR count). The summed E-state index contributed by atoms with van der Waals surface area (Å²) in [6.45, 7) is 3.75. The van der Waals surface area contributed by atoms with Gasteiger partial charge in [0.2, 0.25) is 0 Å². The molecular weight excluding hydrogens is 747 g/mol. The third-order valence-electron chi connectivity index (χ3n) is 11.8. The second kappa shape index (κ2) is 12.5. The van der Waals surface area contributed by atoms with Gasteiger partial charge < -0.3 is 19.7 Å². The van der Waals surface area contributed by atoms with Crippen molar-refractivity contribution in [2.75, 3.05) is 0 Å². The molecule has 0 saturated carbocycles. The molecule has 2 N–H and O–H groups in total. The summed E-state index contributed by atoms with van der Waals surface area (Å²) in [5.41, 5.74) is 3.65. The van der Waals surface area contributed by atoms with E-state index in [-0.39, 0.29) is 0 Å². The fourth-order valence-corrected chi connectivity index (χ4v) is 9.71. The van der Waals surface area contributed by atoms with E-state index in [1.807, 2.05) is 62.4 Å². The van der Waals surface area contributed by atoms with Crippen molar-refractivity contribution in [1.29, 1.82) is 0 Å². The van der Waals surface area contributed by atoms with Gasteiger partial charge in [0.1, 0.15) is 23.4 Å². The monoisotopic (exact) mass is 780 g/mol. The molecule has 0 aromatic heterocycles. The molecule has 2 atom stereocenters. The van der Waals surface area contributed by atoms with Crippen molar-refractivity contribution in [2.24, 2.45) is 0 Å². The molecular formula is C47H34Cl2O4Ti. The molecule has 0 amide bonds. The standard InChI is InChI=1S/C47H34O4.2ClH.Ti/c1-45(2)50-43(46(48)35-23-19-27-11-3-7-15-31(27)39(35)40-32-16-8-4-12-28(32)20-24-36(40)46)44(51-45)47(49)37-25-21-29-13-5-9-17-33(29)41(37)42-34-18-10-6-14-30(34)22-26-38(42)47;;;/h3-26,43-44,48-49H,1-2H3;2*1H;/q;;;+2/p-2/t43-,44-;;;/m1.../s1. The molecule has 1 aliphatic heterocycles. The Morgan fingerprint density at radius 2 is 0.667 bits per heavy atom. The van der Waals surface area contributed by atoms with Gasteiger partial charge in [-0.1, -0.05) is 146 Å². The first-order chi connectivity index (χ1) is 26.2. The zero-order chi connectivity index (χ0) is 37.0. The maximum absolute atomic E-state index is 13.7. The van der Waals surface area contributed by atoms with E-state index < -0.39 is 46.2 Å². The number of benzene rings is 8. The summed E-state index contributed by atoms with van der Waals surface area (Å²) < 4.78 is 13.9. The van der Waals surface area contributed by atoms with Crippen LogP contribution in [-0.4, -0.2) is 28.2 Å². The van der Waals surface area contributed by atoms with Crippen LogP contribution < -0.4 is 0 Å². The molecule has 1 fully saturated rings. The van der Waals surface area contributed by atoms with Gasteiger partial charge in [-0.2, -0.15) is 0 Å². The van der Waals surface area contributed by atoms with Crippen molar-refractivity contribution >= 4 is 61.7 Å².